The van der Waals surface area contributed by atoms with E-state index in [1.165, 1.54) is 11.9 Å². The van der Waals surface area contributed by atoms with Crippen LogP contribution in [0.15, 0.2) is 0 Å². The van der Waals surface area contributed by atoms with Crippen LogP contribution in [0.2, 0.25) is 0 Å². The molecule has 0 aliphatic carbocycles. The van der Waals surface area contributed by atoms with Crippen LogP contribution in [0, 0.1) is 5.41 Å². The lowest BCUT2D eigenvalue weighted by atomic mass is 9.94. The Kier molecular flexibility index (Phi) is 5.06. The molecule has 0 radical (unpaired) electrons. The number of β-amino-alcohol motifs (C(OH)–C–C–N with tert-alkyl or cyclic N) is 1. The standard InChI is InChI=1S/C10H20N4O5/c1-13(10(11)12)3-7(17)14-2-6(16)9(19)8(18)5(14)4-15/h5-6,8-9,15-16,18-19H,2-4H2,1H3,(H3,11,12)/t5?,6-,8-,9+/m0/s1. The molecule has 19 heavy (non-hydrogen) atoms. The van der Waals surface area contributed by atoms with Crippen LogP contribution in [-0.2, 0) is 4.79 Å². The Morgan fingerprint density at radius 2 is 2.00 bits per heavy atom. The van der Waals surface area contributed by atoms with Crippen molar-refractivity contribution in [2.75, 3.05) is 26.7 Å². The fourth-order valence-corrected chi connectivity index (χ4v) is 1.96. The van der Waals surface area contributed by atoms with Crippen LogP contribution >= 0.6 is 0 Å². The van der Waals surface area contributed by atoms with E-state index >= 15 is 0 Å². The average Bonchev–Trinajstić information content (AvgIpc) is 2.35. The molecule has 1 amide bonds. The summed E-state index contributed by atoms with van der Waals surface area (Å²) in [4.78, 5) is 14.3. The van der Waals surface area contributed by atoms with Gasteiger partial charge in [-0.05, 0) is 0 Å². The molecule has 9 nitrogen and oxygen atoms in total. The highest BCUT2D eigenvalue weighted by molar-refractivity contribution is 5.84. The Bertz CT molecular complexity index is 353. The Hall–Kier alpha value is -1.42. The van der Waals surface area contributed by atoms with E-state index in [0.29, 0.717) is 0 Å². The number of likely N-dealkylation sites (tertiary alicyclic amines) is 1. The minimum Gasteiger partial charge on any atom is -0.394 e. The third-order valence-corrected chi connectivity index (χ3v) is 3.21. The summed E-state index contributed by atoms with van der Waals surface area (Å²) in [5.74, 6) is -0.811. The Labute approximate surface area is 110 Å². The first-order chi connectivity index (χ1) is 8.79. The number of amides is 1. The first-order valence-electron chi connectivity index (χ1n) is 5.79. The Morgan fingerprint density at radius 3 is 2.47 bits per heavy atom. The number of guanidine groups is 1. The van der Waals surface area contributed by atoms with Gasteiger partial charge in [0.25, 0.3) is 0 Å². The molecule has 1 rings (SSSR count). The number of carbonyl (C=O) groups is 1. The molecule has 1 aliphatic heterocycles. The fraction of sp³-hybridized carbons (Fsp3) is 0.800. The zero-order valence-electron chi connectivity index (χ0n) is 10.6. The first-order valence-corrected chi connectivity index (χ1v) is 5.79. The molecule has 1 unspecified atom stereocenters. The maximum atomic E-state index is 12.0. The molecule has 0 aromatic heterocycles. The van der Waals surface area contributed by atoms with E-state index in [0.717, 1.165) is 4.90 Å². The van der Waals surface area contributed by atoms with Gasteiger partial charge < -0.3 is 36.0 Å². The molecule has 0 aromatic rings. The van der Waals surface area contributed by atoms with Crippen LogP contribution in [0.4, 0.5) is 0 Å². The lowest BCUT2D eigenvalue weighted by Crippen LogP contribution is -2.65. The van der Waals surface area contributed by atoms with Crippen molar-refractivity contribution in [3.63, 3.8) is 0 Å². The maximum absolute atomic E-state index is 12.0. The summed E-state index contributed by atoms with van der Waals surface area (Å²) in [5, 5.41) is 45.1. The number of rotatable bonds is 3. The first kappa shape index (κ1) is 15.6. The number of carbonyl (C=O) groups excluding carboxylic acids is 1. The number of aliphatic hydroxyl groups excluding tert-OH is 4. The molecule has 110 valence electrons. The number of hydrogen-bond acceptors (Lipinski definition) is 6. The van der Waals surface area contributed by atoms with Gasteiger partial charge in [0.2, 0.25) is 5.91 Å². The van der Waals surface area contributed by atoms with E-state index < -0.39 is 36.9 Å². The summed E-state index contributed by atoms with van der Waals surface area (Å²) in [6.07, 6.45) is -4.13. The minimum atomic E-state index is -1.43. The second-order valence-corrected chi connectivity index (χ2v) is 4.59. The van der Waals surface area contributed by atoms with Gasteiger partial charge in [-0.15, -0.1) is 0 Å². The topological polar surface area (TPSA) is 154 Å². The maximum Gasteiger partial charge on any atom is 0.242 e. The highest BCUT2D eigenvalue weighted by Gasteiger charge is 2.43. The van der Waals surface area contributed by atoms with Crippen molar-refractivity contribution >= 4 is 11.9 Å². The summed E-state index contributed by atoms with van der Waals surface area (Å²) in [7, 11) is 1.44. The molecule has 1 saturated heterocycles. The largest absolute Gasteiger partial charge is 0.394 e. The number of hydrogen-bond donors (Lipinski definition) is 6. The van der Waals surface area contributed by atoms with Gasteiger partial charge in [0.15, 0.2) is 5.96 Å². The van der Waals surface area contributed by atoms with Gasteiger partial charge >= 0.3 is 0 Å². The number of piperidine rings is 1. The molecule has 9 heteroatoms. The highest BCUT2D eigenvalue weighted by atomic mass is 16.4. The van der Waals surface area contributed by atoms with Crippen molar-refractivity contribution < 1.29 is 25.2 Å². The zero-order valence-corrected chi connectivity index (χ0v) is 10.6. The molecular weight excluding hydrogens is 256 g/mol. The Morgan fingerprint density at radius 1 is 1.42 bits per heavy atom. The third kappa shape index (κ3) is 3.32. The second-order valence-electron chi connectivity index (χ2n) is 4.59. The molecule has 7 N–H and O–H groups in total. The molecule has 0 spiro atoms. The molecular formula is C10H20N4O5. The monoisotopic (exact) mass is 276 g/mol. The lowest BCUT2D eigenvalue weighted by molar-refractivity contribution is -0.166. The predicted octanol–water partition coefficient (Wildman–Crippen LogP) is -3.90. The van der Waals surface area contributed by atoms with Gasteiger partial charge in [0.1, 0.15) is 18.3 Å². The van der Waals surface area contributed by atoms with Gasteiger partial charge in [0.05, 0.1) is 19.2 Å². The average molecular weight is 276 g/mol. The summed E-state index contributed by atoms with van der Waals surface area (Å²) in [6.45, 7) is -0.962. The number of nitrogens with two attached hydrogens (primary N) is 1. The lowest BCUT2D eigenvalue weighted by Gasteiger charge is -2.43. The van der Waals surface area contributed by atoms with E-state index in [2.05, 4.69) is 0 Å². The SMILES string of the molecule is CN(CC(=O)N1C[C@H](O)[C@@H](O)[C@@H](O)C1CO)C(=N)N. The minimum absolute atomic E-state index is 0.200. The smallest absolute Gasteiger partial charge is 0.242 e. The summed E-state index contributed by atoms with van der Waals surface area (Å²) >= 11 is 0. The molecule has 1 heterocycles. The molecule has 1 fully saturated rings. The van der Waals surface area contributed by atoms with E-state index in [-0.39, 0.29) is 19.0 Å². The second kappa shape index (κ2) is 6.15. The predicted molar refractivity (Wildman–Crippen MR) is 65.2 cm³/mol. The number of aliphatic hydroxyl groups is 4. The zero-order chi connectivity index (χ0) is 14.7. The quantitative estimate of drug-likeness (QED) is 0.227. The summed E-state index contributed by atoms with van der Waals surface area (Å²) in [5.41, 5.74) is 5.21. The highest BCUT2D eigenvalue weighted by Crippen LogP contribution is 2.19. The summed E-state index contributed by atoms with van der Waals surface area (Å²) in [6, 6.07) is -0.994. The molecule has 0 bridgehead atoms. The van der Waals surface area contributed by atoms with Crippen LogP contribution in [0.5, 0.6) is 0 Å². The van der Waals surface area contributed by atoms with Crippen molar-refractivity contribution in [3.05, 3.63) is 0 Å². The van der Waals surface area contributed by atoms with Gasteiger partial charge in [0, 0.05) is 13.6 Å². The van der Waals surface area contributed by atoms with Crippen molar-refractivity contribution in [2.45, 2.75) is 24.4 Å². The Balaban J connectivity index is 2.79. The molecule has 4 atom stereocenters. The van der Waals surface area contributed by atoms with Crippen molar-refractivity contribution in [1.82, 2.24) is 9.80 Å². The van der Waals surface area contributed by atoms with Crippen molar-refractivity contribution in [1.29, 1.82) is 5.41 Å². The van der Waals surface area contributed by atoms with E-state index in [9.17, 15) is 25.2 Å². The number of likely N-dealkylation sites (N-methyl/N-ethyl adjacent to an activating group) is 1. The van der Waals surface area contributed by atoms with E-state index in [4.69, 9.17) is 11.1 Å². The van der Waals surface area contributed by atoms with E-state index in [1.807, 2.05) is 0 Å². The van der Waals surface area contributed by atoms with Crippen LogP contribution in [-0.4, -0.2) is 93.2 Å². The molecule has 0 saturated carbocycles. The normalized spacial score (nSPS) is 31.1. The van der Waals surface area contributed by atoms with Crippen molar-refractivity contribution in [2.24, 2.45) is 5.73 Å². The molecule has 1 aliphatic rings. The van der Waals surface area contributed by atoms with E-state index in [1.54, 1.807) is 0 Å². The summed E-state index contributed by atoms with van der Waals surface area (Å²) < 4.78 is 0. The van der Waals surface area contributed by atoms with Crippen LogP contribution < -0.4 is 5.73 Å². The van der Waals surface area contributed by atoms with Crippen LogP contribution in [0.1, 0.15) is 0 Å². The van der Waals surface area contributed by atoms with Gasteiger partial charge in [-0.1, -0.05) is 0 Å². The van der Waals surface area contributed by atoms with Crippen LogP contribution in [0.25, 0.3) is 0 Å². The van der Waals surface area contributed by atoms with Gasteiger partial charge in [-0.2, -0.15) is 0 Å². The number of nitrogens with one attached hydrogen (secondary N) is 1. The van der Waals surface area contributed by atoms with Crippen molar-refractivity contribution in [3.8, 4) is 0 Å². The number of nitrogens with zero attached hydrogens (tertiary/aromatic N) is 2. The molecule has 0 aromatic carbocycles. The fourth-order valence-electron chi connectivity index (χ4n) is 1.96. The van der Waals surface area contributed by atoms with Crippen LogP contribution in [0.3, 0.4) is 0 Å². The third-order valence-electron chi connectivity index (χ3n) is 3.21. The van der Waals surface area contributed by atoms with Gasteiger partial charge in [-0.3, -0.25) is 10.2 Å². The van der Waals surface area contributed by atoms with Gasteiger partial charge in [-0.25, -0.2) is 0 Å².